The second-order valence-electron chi connectivity index (χ2n) is 4.55. The van der Waals surface area contributed by atoms with Crippen molar-refractivity contribution in [1.29, 1.82) is 0 Å². The van der Waals surface area contributed by atoms with Crippen LogP contribution in [0.25, 0.3) is 0 Å². The minimum absolute atomic E-state index is 0.171. The predicted molar refractivity (Wildman–Crippen MR) is 57.2 cm³/mol. The van der Waals surface area contributed by atoms with E-state index < -0.39 is 0 Å². The summed E-state index contributed by atoms with van der Waals surface area (Å²) in [7, 11) is 0. The molecule has 0 N–H and O–H groups in total. The molecule has 0 aromatic heterocycles. The van der Waals surface area contributed by atoms with Crippen molar-refractivity contribution in [3.05, 3.63) is 29.3 Å². The number of benzene rings is 1. The number of carbonyl (C=O) groups is 1. The molecule has 1 fully saturated rings. The van der Waals surface area contributed by atoms with Gasteiger partial charge in [0.2, 0.25) is 0 Å². The van der Waals surface area contributed by atoms with Crippen LogP contribution in [0.1, 0.15) is 30.4 Å². The Balaban J connectivity index is 2.01. The van der Waals surface area contributed by atoms with Gasteiger partial charge in [0.25, 0.3) is 0 Å². The first-order chi connectivity index (χ1) is 7.34. The molecule has 0 unspecified atom stereocenters. The molecule has 1 aliphatic heterocycles. The molecule has 0 radical (unpaired) electrons. The SMILES string of the molecule is O=CC1(c2ccc3c(c2)OCCC3)CC1. The van der Waals surface area contributed by atoms with Crippen LogP contribution in [0.15, 0.2) is 18.2 Å². The molecule has 0 saturated heterocycles. The minimum atomic E-state index is -0.171. The second kappa shape index (κ2) is 3.09. The fourth-order valence-corrected chi connectivity index (χ4v) is 2.26. The Labute approximate surface area is 89.2 Å². The van der Waals surface area contributed by atoms with E-state index in [1.54, 1.807) is 0 Å². The number of ether oxygens (including phenoxy) is 1. The van der Waals surface area contributed by atoms with Gasteiger partial charge in [0.1, 0.15) is 12.0 Å². The molecule has 2 aliphatic rings. The number of aldehydes is 1. The summed E-state index contributed by atoms with van der Waals surface area (Å²) < 4.78 is 5.62. The molecule has 15 heavy (non-hydrogen) atoms. The van der Waals surface area contributed by atoms with Gasteiger partial charge in [0, 0.05) is 0 Å². The standard InChI is InChI=1S/C13H14O2/c14-9-13(5-6-13)11-4-3-10-2-1-7-15-12(10)8-11/h3-4,8-9H,1-2,5-7H2. The molecule has 0 atom stereocenters. The van der Waals surface area contributed by atoms with Crippen LogP contribution < -0.4 is 4.74 Å². The zero-order chi connectivity index (χ0) is 10.3. The van der Waals surface area contributed by atoms with E-state index in [1.807, 2.05) is 0 Å². The molecule has 0 amide bonds. The lowest BCUT2D eigenvalue weighted by Gasteiger charge is -2.19. The maximum Gasteiger partial charge on any atom is 0.130 e. The second-order valence-corrected chi connectivity index (χ2v) is 4.55. The van der Waals surface area contributed by atoms with Crippen molar-refractivity contribution in [2.45, 2.75) is 31.1 Å². The van der Waals surface area contributed by atoms with Gasteiger partial charge in [0.05, 0.1) is 12.0 Å². The van der Waals surface area contributed by atoms with Gasteiger partial charge in [-0.25, -0.2) is 0 Å². The fraction of sp³-hybridized carbons (Fsp3) is 0.462. The molecule has 1 aromatic rings. The van der Waals surface area contributed by atoms with Gasteiger partial charge in [-0.1, -0.05) is 12.1 Å². The third-order valence-corrected chi connectivity index (χ3v) is 3.50. The number of hydrogen-bond donors (Lipinski definition) is 0. The Morgan fingerprint density at radius 1 is 1.33 bits per heavy atom. The fourth-order valence-electron chi connectivity index (χ4n) is 2.26. The lowest BCUT2D eigenvalue weighted by Crippen LogP contribution is -2.12. The molecule has 1 saturated carbocycles. The summed E-state index contributed by atoms with van der Waals surface area (Å²) in [5, 5.41) is 0. The average Bonchev–Trinajstić information content (AvgIpc) is 3.09. The summed E-state index contributed by atoms with van der Waals surface area (Å²) in [6.07, 6.45) is 5.29. The molecular formula is C13H14O2. The third kappa shape index (κ3) is 1.36. The molecule has 1 aliphatic carbocycles. The molecule has 1 heterocycles. The van der Waals surface area contributed by atoms with Crippen LogP contribution >= 0.6 is 0 Å². The van der Waals surface area contributed by atoms with Crippen molar-refractivity contribution in [3.8, 4) is 5.75 Å². The Kier molecular flexibility index (Phi) is 1.84. The number of aryl methyl sites for hydroxylation is 1. The summed E-state index contributed by atoms with van der Waals surface area (Å²) in [5.74, 6) is 0.992. The Morgan fingerprint density at radius 3 is 2.93 bits per heavy atom. The molecule has 2 nitrogen and oxygen atoms in total. The first-order valence-electron chi connectivity index (χ1n) is 5.57. The van der Waals surface area contributed by atoms with Crippen LogP contribution in [0.4, 0.5) is 0 Å². The summed E-state index contributed by atoms with van der Waals surface area (Å²) in [6.45, 7) is 0.810. The van der Waals surface area contributed by atoms with Gasteiger partial charge >= 0.3 is 0 Å². The third-order valence-electron chi connectivity index (χ3n) is 3.50. The monoisotopic (exact) mass is 202 g/mol. The molecular weight excluding hydrogens is 188 g/mol. The highest BCUT2D eigenvalue weighted by molar-refractivity contribution is 5.73. The van der Waals surface area contributed by atoms with E-state index in [0.717, 1.165) is 49.9 Å². The van der Waals surface area contributed by atoms with Gasteiger partial charge in [-0.15, -0.1) is 0 Å². The van der Waals surface area contributed by atoms with Gasteiger partial charge in [-0.2, -0.15) is 0 Å². The summed E-state index contributed by atoms with van der Waals surface area (Å²) in [6, 6.07) is 6.28. The Morgan fingerprint density at radius 2 is 2.20 bits per heavy atom. The highest BCUT2D eigenvalue weighted by atomic mass is 16.5. The molecule has 78 valence electrons. The quantitative estimate of drug-likeness (QED) is 0.687. The lowest BCUT2D eigenvalue weighted by atomic mass is 9.94. The Bertz CT molecular complexity index is 405. The maximum absolute atomic E-state index is 11.0. The number of rotatable bonds is 2. The average molecular weight is 202 g/mol. The van der Waals surface area contributed by atoms with Crippen LogP contribution in [0.5, 0.6) is 5.75 Å². The van der Waals surface area contributed by atoms with E-state index in [2.05, 4.69) is 18.2 Å². The highest BCUT2D eigenvalue weighted by Crippen LogP contribution is 2.47. The van der Waals surface area contributed by atoms with Crippen LogP contribution in [-0.4, -0.2) is 12.9 Å². The van der Waals surface area contributed by atoms with Crippen molar-refractivity contribution in [2.24, 2.45) is 0 Å². The van der Waals surface area contributed by atoms with Crippen molar-refractivity contribution in [1.82, 2.24) is 0 Å². The van der Waals surface area contributed by atoms with Crippen LogP contribution in [0, 0.1) is 0 Å². The van der Waals surface area contributed by atoms with E-state index in [4.69, 9.17) is 4.74 Å². The van der Waals surface area contributed by atoms with Crippen molar-refractivity contribution in [2.75, 3.05) is 6.61 Å². The summed E-state index contributed by atoms with van der Waals surface area (Å²) in [4.78, 5) is 11.0. The van der Waals surface area contributed by atoms with Gasteiger partial charge in [-0.3, -0.25) is 0 Å². The highest BCUT2D eigenvalue weighted by Gasteiger charge is 2.44. The van der Waals surface area contributed by atoms with Gasteiger partial charge in [-0.05, 0) is 42.9 Å². The van der Waals surface area contributed by atoms with Gasteiger partial charge < -0.3 is 9.53 Å². The number of carbonyl (C=O) groups excluding carboxylic acids is 1. The Hall–Kier alpha value is -1.31. The molecule has 0 bridgehead atoms. The summed E-state index contributed by atoms with van der Waals surface area (Å²) >= 11 is 0. The van der Waals surface area contributed by atoms with Crippen LogP contribution in [0.2, 0.25) is 0 Å². The van der Waals surface area contributed by atoms with Crippen molar-refractivity contribution < 1.29 is 9.53 Å². The molecule has 2 heteroatoms. The van der Waals surface area contributed by atoms with Crippen molar-refractivity contribution >= 4 is 6.29 Å². The van der Waals surface area contributed by atoms with E-state index in [1.165, 1.54) is 5.56 Å². The largest absolute Gasteiger partial charge is 0.493 e. The lowest BCUT2D eigenvalue weighted by molar-refractivity contribution is -0.109. The normalized spacial score (nSPS) is 21.3. The van der Waals surface area contributed by atoms with Crippen molar-refractivity contribution in [3.63, 3.8) is 0 Å². The van der Waals surface area contributed by atoms with E-state index in [9.17, 15) is 4.79 Å². The van der Waals surface area contributed by atoms with E-state index in [0.29, 0.717) is 0 Å². The van der Waals surface area contributed by atoms with E-state index >= 15 is 0 Å². The van der Waals surface area contributed by atoms with Crippen LogP contribution in [-0.2, 0) is 16.6 Å². The first-order valence-corrected chi connectivity index (χ1v) is 5.57. The minimum Gasteiger partial charge on any atom is -0.493 e. The molecule has 3 rings (SSSR count). The van der Waals surface area contributed by atoms with E-state index in [-0.39, 0.29) is 5.41 Å². The smallest absolute Gasteiger partial charge is 0.130 e. The maximum atomic E-state index is 11.0. The van der Waals surface area contributed by atoms with Crippen LogP contribution in [0.3, 0.4) is 0 Å². The number of fused-ring (bicyclic) bond motifs is 1. The predicted octanol–water partition coefficient (Wildman–Crippen LogP) is 2.24. The zero-order valence-corrected chi connectivity index (χ0v) is 8.66. The first kappa shape index (κ1) is 8.96. The number of hydrogen-bond acceptors (Lipinski definition) is 2. The zero-order valence-electron chi connectivity index (χ0n) is 8.66. The molecule has 0 spiro atoms. The molecule has 1 aromatic carbocycles. The van der Waals surface area contributed by atoms with Gasteiger partial charge in [0.15, 0.2) is 0 Å². The topological polar surface area (TPSA) is 26.3 Å². The summed E-state index contributed by atoms with van der Waals surface area (Å²) in [5.41, 5.74) is 2.25.